The van der Waals surface area contributed by atoms with Crippen LogP contribution in [-0.4, -0.2) is 18.1 Å². The molecule has 1 aromatic carbocycles. The van der Waals surface area contributed by atoms with E-state index in [9.17, 15) is 10.1 Å². The Morgan fingerprint density at radius 3 is 2.78 bits per heavy atom. The Bertz CT molecular complexity index is 966. The summed E-state index contributed by atoms with van der Waals surface area (Å²) in [5.74, 6) is -0.292. The molecule has 1 amide bonds. The monoisotopic (exact) mass is 439 g/mol. The Hall–Kier alpha value is -1.85. The molecule has 1 aliphatic rings. The van der Waals surface area contributed by atoms with E-state index in [2.05, 4.69) is 16.7 Å². The Morgan fingerprint density at radius 1 is 1.33 bits per heavy atom. The summed E-state index contributed by atoms with van der Waals surface area (Å²) in [6.45, 7) is 0. The number of rotatable bonds is 3. The summed E-state index contributed by atoms with van der Waals surface area (Å²) in [6.07, 6.45) is 4.06. The van der Waals surface area contributed by atoms with Crippen molar-refractivity contribution < 1.29 is 9.53 Å². The number of fused-ring (bicyclic) bond motifs is 1. The van der Waals surface area contributed by atoms with Crippen molar-refractivity contribution >= 4 is 62.8 Å². The van der Waals surface area contributed by atoms with E-state index in [1.165, 1.54) is 35.5 Å². The smallest absolute Gasteiger partial charge is 0.261 e. The molecule has 2 aromatic rings. The minimum Gasteiger partial charge on any atom is -0.494 e. The van der Waals surface area contributed by atoms with Crippen molar-refractivity contribution in [2.45, 2.75) is 25.7 Å². The number of methoxy groups -OCH3 is 1. The topological polar surface area (TPSA) is 74.2 Å². The standard InChI is InChI=1S/C18H15Cl2N3O2S2/c1-25-15-11(6-9(19)7-13(15)20)16(24)22-18(26)23-17-12(8-21)10-4-2-3-5-14(10)27-17/h6-7H,2-5H2,1H3,(H2,22,23,24,26). The number of amides is 1. The number of nitrogens with zero attached hydrogens (tertiary/aromatic N) is 1. The Kier molecular flexibility index (Phi) is 6.22. The Balaban J connectivity index is 1.78. The lowest BCUT2D eigenvalue weighted by molar-refractivity contribution is 0.0975. The van der Waals surface area contributed by atoms with E-state index in [1.807, 2.05) is 0 Å². The molecule has 1 aromatic heterocycles. The molecule has 0 fully saturated rings. The molecule has 0 bridgehead atoms. The van der Waals surface area contributed by atoms with Crippen molar-refractivity contribution in [1.82, 2.24) is 5.32 Å². The highest BCUT2D eigenvalue weighted by atomic mass is 35.5. The third-order valence-electron chi connectivity index (χ3n) is 4.19. The number of nitrogens with one attached hydrogen (secondary N) is 2. The van der Waals surface area contributed by atoms with E-state index in [0.717, 1.165) is 31.2 Å². The number of benzene rings is 1. The van der Waals surface area contributed by atoms with E-state index in [-0.39, 0.29) is 21.4 Å². The molecule has 140 valence electrons. The second kappa shape index (κ2) is 8.44. The molecule has 0 saturated carbocycles. The molecule has 5 nitrogen and oxygen atoms in total. The number of aryl methyl sites for hydroxylation is 1. The lowest BCUT2D eigenvalue weighted by Crippen LogP contribution is -2.34. The SMILES string of the molecule is COc1c(Cl)cc(Cl)cc1C(=O)NC(=S)Nc1sc2c(c1C#N)CCCC2. The molecular formula is C18H15Cl2N3O2S2. The van der Waals surface area contributed by atoms with Gasteiger partial charge in [0.25, 0.3) is 5.91 Å². The van der Waals surface area contributed by atoms with Gasteiger partial charge in [0, 0.05) is 9.90 Å². The van der Waals surface area contributed by atoms with Crippen molar-refractivity contribution in [3.63, 3.8) is 0 Å². The maximum absolute atomic E-state index is 12.6. The number of ether oxygens (including phenoxy) is 1. The zero-order valence-corrected chi connectivity index (χ0v) is 17.5. The highest BCUT2D eigenvalue weighted by molar-refractivity contribution is 7.80. The summed E-state index contributed by atoms with van der Waals surface area (Å²) in [5, 5.41) is 16.4. The van der Waals surface area contributed by atoms with Gasteiger partial charge in [0.2, 0.25) is 0 Å². The van der Waals surface area contributed by atoms with Gasteiger partial charge in [-0.25, -0.2) is 0 Å². The van der Waals surface area contributed by atoms with Gasteiger partial charge in [-0.05, 0) is 55.6 Å². The van der Waals surface area contributed by atoms with E-state index >= 15 is 0 Å². The summed E-state index contributed by atoms with van der Waals surface area (Å²) in [7, 11) is 1.41. The van der Waals surface area contributed by atoms with Gasteiger partial charge < -0.3 is 10.1 Å². The molecule has 27 heavy (non-hydrogen) atoms. The molecule has 3 rings (SSSR count). The van der Waals surface area contributed by atoms with Crippen molar-refractivity contribution in [2.75, 3.05) is 12.4 Å². The van der Waals surface area contributed by atoms with Crippen LogP contribution >= 0.6 is 46.8 Å². The molecule has 2 N–H and O–H groups in total. The number of hydrogen-bond donors (Lipinski definition) is 2. The van der Waals surface area contributed by atoms with Crippen molar-refractivity contribution in [3.05, 3.63) is 43.7 Å². The average molecular weight is 440 g/mol. The van der Waals surface area contributed by atoms with Crippen LogP contribution in [-0.2, 0) is 12.8 Å². The molecule has 1 heterocycles. The first kappa shape index (κ1) is 19.9. The number of carbonyl (C=O) groups excluding carboxylic acids is 1. The summed E-state index contributed by atoms with van der Waals surface area (Å²) in [5.41, 5.74) is 1.87. The number of hydrogen-bond acceptors (Lipinski definition) is 5. The van der Waals surface area contributed by atoms with Crippen molar-refractivity contribution in [3.8, 4) is 11.8 Å². The maximum Gasteiger partial charge on any atom is 0.261 e. The molecule has 9 heteroatoms. The van der Waals surface area contributed by atoms with Crippen LogP contribution in [0.2, 0.25) is 10.0 Å². The van der Waals surface area contributed by atoms with Gasteiger partial charge in [0.05, 0.1) is 23.3 Å². The van der Waals surface area contributed by atoms with Crippen LogP contribution in [0.1, 0.15) is 39.2 Å². The number of thiocarbonyl (C=S) groups is 1. The van der Waals surface area contributed by atoms with E-state index in [4.69, 9.17) is 40.2 Å². The highest BCUT2D eigenvalue weighted by Gasteiger charge is 2.22. The second-order valence-electron chi connectivity index (χ2n) is 5.90. The minimum absolute atomic E-state index is 0.0910. The average Bonchev–Trinajstić information content (AvgIpc) is 2.97. The number of anilines is 1. The highest BCUT2D eigenvalue weighted by Crippen LogP contribution is 2.37. The van der Waals surface area contributed by atoms with Crippen LogP contribution in [0.4, 0.5) is 5.00 Å². The summed E-state index contributed by atoms with van der Waals surface area (Å²) in [4.78, 5) is 13.8. The first-order valence-electron chi connectivity index (χ1n) is 8.14. The van der Waals surface area contributed by atoms with Crippen LogP contribution in [0.15, 0.2) is 12.1 Å². The summed E-state index contributed by atoms with van der Waals surface area (Å²) < 4.78 is 5.19. The summed E-state index contributed by atoms with van der Waals surface area (Å²) in [6, 6.07) is 5.19. The predicted molar refractivity (Wildman–Crippen MR) is 112 cm³/mol. The van der Waals surface area contributed by atoms with Gasteiger partial charge in [-0.3, -0.25) is 10.1 Å². The van der Waals surface area contributed by atoms with Gasteiger partial charge in [-0.1, -0.05) is 23.2 Å². The Labute approximate surface area is 176 Å². The zero-order valence-electron chi connectivity index (χ0n) is 14.3. The summed E-state index contributed by atoms with van der Waals surface area (Å²) >= 11 is 18.8. The number of nitriles is 1. The molecular weight excluding hydrogens is 425 g/mol. The molecule has 0 aliphatic heterocycles. The third kappa shape index (κ3) is 4.19. The van der Waals surface area contributed by atoms with Crippen LogP contribution < -0.4 is 15.4 Å². The zero-order chi connectivity index (χ0) is 19.6. The quantitative estimate of drug-likeness (QED) is 0.662. The van der Waals surface area contributed by atoms with Crippen LogP contribution in [0.3, 0.4) is 0 Å². The predicted octanol–water partition coefficient (Wildman–Crippen LogP) is 4.94. The Morgan fingerprint density at radius 2 is 2.07 bits per heavy atom. The van der Waals surface area contributed by atoms with Crippen LogP contribution in [0, 0.1) is 11.3 Å². The number of halogens is 2. The third-order valence-corrected chi connectivity index (χ3v) is 6.10. The largest absolute Gasteiger partial charge is 0.494 e. The van der Waals surface area contributed by atoms with E-state index in [1.54, 1.807) is 0 Å². The first-order valence-corrected chi connectivity index (χ1v) is 10.1. The first-order chi connectivity index (χ1) is 12.9. The van der Waals surface area contributed by atoms with E-state index in [0.29, 0.717) is 15.6 Å². The lowest BCUT2D eigenvalue weighted by atomic mass is 9.96. The van der Waals surface area contributed by atoms with Crippen LogP contribution in [0.25, 0.3) is 0 Å². The van der Waals surface area contributed by atoms with Gasteiger partial charge in [0.15, 0.2) is 5.11 Å². The molecule has 0 atom stereocenters. The van der Waals surface area contributed by atoms with Gasteiger partial charge in [-0.15, -0.1) is 11.3 Å². The second-order valence-corrected chi connectivity index (χ2v) is 8.26. The fourth-order valence-corrected chi connectivity index (χ4v) is 5.09. The van der Waals surface area contributed by atoms with Crippen LogP contribution in [0.5, 0.6) is 5.75 Å². The number of thiophene rings is 1. The fourth-order valence-electron chi connectivity index (χ4n) is 3.01. The molecule has 1 aliphatic carbocycles. The number of carbonyl (C=O) groups is 1. The minimum atomic E-state index is -0.506. The van der Waals surface area contributed by atoms with Gasteiger partial charge in [0.1, 0.15) is 16.8 Å². The van der Waals surface area contributed by atoms with Gasteiger partial charge in [-0.2, -0.15) is 5.26 Å². The molecule has 0 unspecified atom stereocenters. The fraction of sp³-hybridized carbons (Fsp3) is 0.278. The normalized spacial score (nSPS) is 12.7. The van der Waals surface area contributed by atoms with Crippen molar-refractivity contribution in [1.29, 1.82) is 5.26 Å². The molecule has 0 saturated heterocycles. The maximum atomic E-state index is 12.6. The van der Waals surface area contributed by atoms with E-state index < -0.39 is 5.91 Å². The lowest BCUT2D eigenvalue weighted by Gasteiger charge is -2.12. The van der Waals surface area contributed by atoms with Crippen molar-refractivity contribution in [2.24, 2.45) is 0 Å². The van der Waals surface area contributed by atoms with Gasteiger partial charge >= 0.3 is 0 Å². The molecule has 0 spiro atoms. The molecule has 0 radical (unpaired) electrons.